The monoisotopic (exact) mass is 419 g/mol. The van der Waals surface area contributed by atoms with Gasteiger partial charge in [0.1, 0.15) is 5.57 Å². The number of hydrogen-bond donors (Lipinski definition) is 1. The molecular weight excluding hydrogens is 402 g/mol. The molecule has 2 heterocycles. The molecular formula is C23H18ClN3O3. The lowest BCUT2D eigenvalue weighted by molar-refractivity contribution is -0.122. The van der Waals surface area contributed by atoms with Gasteiger partial charge in [-0.05, 0) is 73.5 Å². The molecule has 0 radical (unpaired) electrons. The zero-order chi connectivity index (χ0) is 21.4. The second-order valence-electron chi connectivity index (χ2n) is 6.96. The van der Waals surface area contributed by atoms with Gasteiger partial charge in [-0.2, -0.15) is 0 Å². The van der Waals surface area contributed by atoms with Gasteiger partial charge >= 0.3 is 6.03 Å². The van der Waals surface area contributed by atoms with E-state index in [4.69, 9.17) is 11.6 Å². The van der Waals surface area contributed by atoms with Gasteiger partial charge in [0.2, 0.25) is 0 Å². The Morgan fingerprint density at radius 2 is 1.67 bits per heavy atom. The van der Waals surface area contributed by atoms with Gasteiger partial charge in [0.05, 0.1) is 5.69 Å². The molecule has 4 amide bonds. The summed E-state index contributed by atoms with van der Waals surface area (Å²) in [4.78, 5) is 38.8. The van der Waals surface area contributed by atoms with Crippen molar-refractivity contribution in [2.24, 2.45) is 0 Å². The lowest BCUT2D eigenvalue weighted by Crippen LogP contribution is -2.54. The number of halogens is 1. The predicted octanol–water partition coefficient (Wildman–Crippen LogP) is 4.41. The van der Waals surface area contributed by atoms with Crippen LogP contribution in [0.15, 0.2) is 66.4 Å². The van der Waals surface area contributed by atoms with E-state index in [1.165, 1.54) is 6.08 Å². The Hall–Kier alpha value is -3.64. The molecule has 0 aliphatic carbocycles. The van der Waals surface area contributed by atoms with Gasteiger partial charge < -0.3 is 4.57 Å². The van der Waals surface area contributed by atoms with E-state index in [9.17, 15) is 14.4 Å². The number of nitrogens with one attached hydrogen (secondary N) is 1. The number of imide groups is 2. The SMILES string of the molecule is Cc1cccc(-n2cccc2/C=C2\C(=O)NC(=O)N(c3ccc(Cl)cc3)C2=O)c1C. The van der Waals surface area contributed by atoms with Crippen molar-refractivity contribution < 1.29 is 14.4 Å². The summed E-state index contributed by atoms with van der Waals surface area (Å²) in [6, 6.07) is 15.0. The molecule has 150 valence electrons. The maximum atomic E-state index is 13.1. The third-order valence-electron chi connectivity index (χ3n) is 5.09. The summed E-state index contributed by atoms with van der Waals surface area (Å²) >= 11 is 5.90. The van der Waals surface area contributed by atoms with Crippen molar-refractivity contribution in [1.82, 2.24) is 9.88 Å². The highest BCUT2D eigenvalue weighted by Gasteiger charge is 2.37. The molecule has 0 unspecified atom stereocenters. The van der Waals surface area contributed by atoms with E-state index < -0.39 is 17.8 Å². The molecule has 7 heteroatoms. The topological polar surface area (TPSA) is 71.4 Å². The van der Waals surface area contributed by atoms with Gasteiger partial charge in [0.25, 0.3) is 11.8 Å². The van der Waals surface area contributed by atoms with Crippen LogP contribution in [0.5, 0.6) is 0 Å². The van der Waals surface area contributed by atoms with Crippen molar-refractivity contribution in [3.8, 4) is 5.69 Å². The van der Waals surface area contributed by atoms with Crippen molar-refractivity contribution in [2.75, 3.05) is 4.90 Å². The predicted molar refractivity (Wildman–Crippen MR) is 116 cm³/mol. The maximum Gasteiger partial charge on any atom is 0.335 e. The van der Waals surface area contributed by atoms with E-state index in [-0.39, 0.29) is 5.57 Å². The Morgan fingerprint density at radius 1 is 0.933 bits per heavy atom. The summed E-state index contributed by atoms with van der Waals surface area (Å²) < 4.78 is 1.90. The highest BCUT2D eigenvalue weighted by atomic mass is 35.5. The molecule has 1 fully saturated rings. The second-order valence-corrected chi connectivity index (χ2v) is 7.39. The Bertz CT molecular complexity index is 1210. The Morgan fingerprint density at radius 3 is 2.40 bits per heavy atom. The molecule has 3 aromatic rings. The lowest BCUT2D eigenvalue weighted by Gasteiger charge is -2.26. The third kappa shape index (κ3) is 3.42. The molecule has 0 saturated carbocycles. The number of barbiturate groups is 1. The van der Waals surface area contributed by atoms with Crippen molar-refractivity contribution in [3.05, 3.63) is 88.2 Å². The van der Waals surface area contributed by atoms with Crippen LogP contribution in [0.1, 0.15) is 16.8 Å². The molecule has 0 bridgehead atoms. The van der Waals surface area contributed by atoms with Crippen LogP contribution in [-0.2, 0) is 9.59 Å². The second kappa shape index (κ2) is 7.65. The van der Waals surface area contributed by atoms with Crippen LogP contribution in [0.2, 0.25) is 5.02 Å². The fourth-order valence-electron chi connectivity index (χ4n) is 3.36. The van der Waals surface area contributed by atoms with Crippen molar-refractivity contribution in [1.29, 1.82) is 0 Å². The first-order valence-corrected chi connectivity index (χ1v) is 9.65. The Kier molecular flexibility index (Phi) is 5.01. The quantitative estimate of drug-likeness (QED) is 0.504. The minimum absolute atomic E-state index is 0.130. The molecule has 2 aromatic carbocycles. The molecule has 6 nitrogen and oxygen atoms in total. The first-order valence-electron chi connectivity index (χ1n) is 9.28. The summed E-state index contributed by atoms with van der Waals surface area (Å²) in [5.74, 6) is -1.43. The summed E-state index contributed by atoms with van der Waals surface area (Å²) in [6.07, 6.45) is 3.36. The molecule has 1 aliphatic heterocycles. The standard InChI is InChI=1S/C23H18ClN3O3/c1-14-5-3-7-20(15(14)2)26-12-4-6-18(26)13-19-21(28)25-23(30)27(22(19)29)17-10-8-16(24)9-11-17/h3-13H,1-2H3,(H,25,28,30)/b19-13+. The summed E-state index contributed by atoms with van der Waals surface area (Å²) in [5.41, 5.74) is 4.00. The number of carbonyl (C=O) groups is 3. The average Bonchev–Trinajstić information content (AvgIpc) is 3.16. The zero-order valence-electron chi connectivity index (χ0n) is 16.3. The van der Waals surface area contributed by atoms with E-state index >= 15 is 0 Å². The van der Waals surface area contributed by atoms with E-state index in [2.05, 4.69) is 5.32 Å². The van der Waals surface area contributed by atoms with Crippen LogP contribution < -0.4 is 10.2 Å². The van der Waals surface area contributed by atoms with Gasteiger partial charge in [-0.25, -0.2) is 9.69 Å². The molecule has 0 atom stereocenters. The molecule has 30 heavy (non-hydrogen) atoms. The van der Waals surface area contributed by atoms with Crippen LogP contribution in [0.25, 0.3) is 11.8 Å². The molecule has 1 saturated heterocycles. The lowest BCUT2D eigenvalue weighted by atomic mass is 10.1. The number of aryl methyl sites for hydroxylation is 1. The Labute approximate surface area is 178 Å². The van der Waals surface area contributed by atoms with Gasteiger partial charge in [0.15, 0.2) is 0 Å². The van der Waals surface area contributed by atoms with Gasteiger partial charge in [-0.1, -0.05) is 23.7 Å². The number of hydrogen-bond acceptors (Lipinski definition) is 3. The van der Waals surface area contributed by atoms with Crippen LogP contribution in [0.3, 0.4) is 0 Å². The fraction of sp³-hybridized carbons (Fsp3) is 0.0870. The van der Waals surface area contributed by atoms with Gasteiger partial charge in [0, 0.05) is 22.6 Å². The summed E-state index contributed by atoms with van der Waals surface area (Å²) in [6.45, 7) is 4.04. The van der Waals surface area contributed by atoms with E-state index in [1.54, 1.807) is 30.3 Å². The van der Waals surface area contributed by atoms with Crippen molar-refractivity contribution in [2.45, 2.75) is 13.8 Å². The van der Waals surface area contributed by atoms with Crippen LogP contribution >= 0.6 is 11.6 Å². The highest BCUT2D eigenvalue weighted by Crippen LogP contribution is 2.25. The maximum absolute atomic E-state index is 13.1. The zero-order valence-corrected chi connectivity index (χ0v) is 17.1. The number of amides is 4. The Balaban J connectivity index is 1.77. The average molecular weight is 420 g/mol. The van der Waals surface area contributed by atoms with Gasteiger partial charge in [-0.3, -0.25) is 14.9 Å². The first-order chi connectivity index (χ1) is 14.4. The summed E-state index contributed by atoms with van der Waals surface area (Å²) in [5, 5.41) is 2.71. The first kappa shape index (κ1) is 19.7. The van der Waals surface area contributed by atoms with Crippen molar-refractivity contribution in [3.63, 3.8) is 0 Å². The van der Waals surface area contributed by atoms with Gasteiger partial charge in [-0.15, -0.1) is 0 Å². The molecule has 1 aromatic heterocycles. The van der Waals surface area contributed by atoms with Crippen molar-refractivity contribution >= 4 is 41.2 Å². The van der Waals surface area contributed by atoms with E-state index in [0.29, 0.717) is 16.4 Å². The van der Waals surface area contributed by atoms with E-state index in [1.807, 2.05) is 48.9 Å². The normalized spacial score (nSPS) is 15.6. The number of urea groups is 1. The fourth-order valence-corrected chi connectivity index (χ4v) is 3.48. The number of carbonyl (C=O) groups excluding carboxylic acids is 3. The van der Waals surface area contributed by atoms with E-state index in [0.717, 1.165) is 21.7 Å². The number of benzene rings is 2. The largest absolute Gasteiger partial charge is 0.335 e. The van der Waals surface area contributed by atoms with Crippen LogP contribution in [0.4, 0.5) is 10.5 Å². The van der Waals surface area contributed by atoms with Crippen LogP contribution in [-0.4, -0.2) is 22.4 Å². The molecule has 1 N–H and O–H groups in total. The van der Waals surface area contributed by atoms with Crippen LogP contribution in [0, 0.1) is 13.8 Å². The number of nitrogens with zero attached hydrogens (tertiary/aromatic N) is 2. The summed E-state index contributed by atoms with van der Waals surface area (Å²) in [7, 11) is 0. The number of anilines is 1. The molecule has 1 aliphatic rings. The smallest absolute Gasteiger partial charge is 0.317 e. The number of aromatic nitrogens is 1. The third-order valence-corrected chi connectivity index (χ3v) is 5.35. The number of rotatable bonds is 3. The highest BCUT2D eigenvalue weighted by molar-refractivity contribution is 6.39. The molecule has 0 spiro atoms. The minimum atomic E-state index is -0.797. The minimum Gasteiger partial charge on any atom is -0.317 e. The molecule has 4 rings (SSSR count).